The molecule has 0 saturated heterocycles. The molecule has 0 amide bonds. The van der Waals surface area contributed by atoms with Gasteiger partial charge in [-0.2, -0.15) is 5.10 Å². The van der Waals surface area contributed by atoms with Crippen LogP contribution in [0.15, 0.2) is 52.9 Å². The average Bonchev–Trinajstić information content (AvgIpc) is 3.11. The number of aromatic nitrogens is 1. The normalized spacial score (nSPS) is 11.0. The van der Waals surface area contributed by atoms with Crippen LogP contribution in [-0.4, -0.2) is 17.8 Å². The van der Waals surface area contributed by atoms with Crippen molar-refractivity contribution in [2.45, 2.75) is 6.92 Å². The Labute approximate surface area is 176 Å². The molecule has 0 fully saturated rings. The summed E-state index contributed by atoms with van der Waals surface area (Å²) >= 11 is 13.5. The molecule has 4 nitrogen and oxygen atoms in total. The highest BCUT2D eigenvalue weighted by Gasteiger charge is 2.07. The summed E-state index contributed by atoms with van der Waals surface area (Å²) in [6, 6.07) is 13.2. The summed E-state index contributed by atoms with van der Waals surface area (Å²) in [4.78, 5) is 4.52. The molecular weight excluding hydrogens is 457 g/mol. The third-order valence-corrected chi connectivity index (χ3v) is 5.03. The van der Waals surface area contributed by atoms with Crippen LogP contribution in [-0.2, 0) is 0 Å². The first-order valence-electron chi connectivity index (χ1n) is 7.42. The summed E-state index contributed by atoms with van der Waals surface area (Å²) in [5.41, 5.74) is 6.59. The Morgan fingerprint density at radius 1 is 1.12 bits per heavy atom. The van der Waals surface area contributed by atoms with Crippen LogP contribution >= 0.6 is 51.5 Å². The summed E-state index contributed by atoms with van der Waals surface area (Å²) in [6.07, 6.45) is 0. The van der Waals surface area contributed by atoms with Crippen molar-refractivity contribution in [2.24, 2.45) is 5.10 Å². The molecule has 0 aliphatic rings. The van der Waals surface area contributed by atoms with Gasteiger partial charge in [0.15, 0.2) is 0 Å². The van der Waals surface area contributed by atoms with Crippen LogP contribution < -0.4 is 10.2 Å². The molecule has 0 aliphatic carbocycles. The molecule has 1 N–H and O–H groups in total. The number of methoxy groups -OCH3 is 1. The van der Waals surface area contributed by atoms with Crippen molar-refractivity contribution in [3.63, 3.8) is 0 Å². The number of nitrogens with one attached hydrogen (secondary N) is 1. The van der Waals surface area contributed by atoms with E-state index in [1.165, 1.54) is 11.3 Å². The summed E-state index contributed by atoms with van der Waals surface area (Å²) in [6.45, 7) is 1.93. The molecule has 0 unspecified atom stereocenters. The second-order valence-corrected chi connectivity index (χ2v) is 6.88. The highest BCUT2D eigenvalue weighted by atomic mass is 79.9. The number of benzene rings is 2. The van der Waals surface area contributed by atoms with E-state index in [0.717, 1.165) is 28.3 Å². The van der Waals surface area contributed by atoms with Crippen LogP contribution in [0.4, 0.5) is 5.13 Å². The average molecular weight is 473 g/mol. The number of ether oxygens (including phenoxy) is 1. The lowest BCUT2D eigenvalue weighted by Gasteiger charge is -2.03. The number of hydrogen-bond acceptors (Lipinski definition) is 5. The van der Waals surface area contributed by atoms with E-state index in [4.69, 9.17) is 27.9 Å². The zero-order valence-electron chi connectivity index (χ0n) is 14.0. The van der Waals surface area contributed by atoms with Gasteiger partial charge in [0.2, 0.25) is 5.13 Å². The van der Waals surface area contributed by atoms with Gasteiger partial charge < -0.3 is 4.74 Å². The van der Waals surface area contributed by atoms with Crippen LogP contribution in [0.2, 0.25) is 10.0 Å². The van der Waals surface area contributed by atoms with Gasteiger partial charge in [-0.3, -0.25) is 5.43 Å². The maximum atomic E-state index is 6.06. The minimum atomic E-state index is 0. The van der Waals surface area contributed by atoms with Crippen LogP contribution in [0.1, 0.15) is 12.5 Å². The standard InChI is InChI=1S/C18H15Cl2N3OS.BrH/c1-11(12-3-6-14(24-2)7-4-12)22-23-18-21-17(10-25-18)13-5-8-15(19)16(20)9-13;/h3-10H,1-2H3,(H,21,23);1H/b22-11+;. The zero-order valence-corrected chi connectivity index (χ0v) is 18.0. The molecule has 0 spiro atoms. The maximum Gasteiger partial charge on any atom is 0.203 e. The summed E-state index contributed by atoms with van der Waals surface area (Å²) in [5.74, 6) is 0.815. The molecular formula is C18H16BrCl2N3OS. The Hall–Kier alpha value is -1.60. The van der Waals surface area contributed by atoms with E-state index in [1.54, 1.807) is 19.2 Å². The van der Waals surface area contributed by atoms with E-state index in [1.807, 2.05) is 42.6 Å². The minimum absolute atomic E-state index is 0. The van der Waals surface area contributed by atoms with Crippen LogP contribution in [0.5, 0.6) is 5.75 Å². The Morgan fingerprint density at radius 3 is 2.50 bits per heavy atom. The third-order valence-electron chi connectivity index (χ3n) is 3.55. The molecule has 3 aromatic rings. The van der Waals surface area contributed by atoms with Crippen molar-refractivity contribution in [1.29, 1.82) is 0 Å². The SMILES string of the molecule is Br.COc1ccc(/C(C)=N/Nc2nc(-c3ccc(Cl)c(Cl)c3)cs2)cc1. The second-order valence-electron chi connectivity index (χ2n) is 5.20. The molecule has 0 radical (unpaired) electrons. The number of nitrogens with zero attached hydrogens (tertiary/aromatic N) is 2. The molecule has 2 aromatic carbocycles. The predicted octanol–water partition coefficient (Wildman–Crippen LogP) is 6.54. The third kappa shape index (κ3) is 4.98. The van der Waals surface area contributed by atoms with E-state index < -0.39 is 0 Å². The molecule has 136 valence electrons. The smallest absolute Gasteiger partial charge is 0.203 e. The lowest BCUT2D eigenvalue weighted by Crippen LogP contribution is -1.99. The highest BCUT2D eigenvalue weighted by Crippen LogP contribution is 2.30. The number of thiazole rings is 1. The lowest BCUT2D eigenvalue weighted by atomic mass is 10.1. The number of halogens is 3. The topological polar surface area (TPSA) is 46.5 Å². The monoisotopic (exact) mass is 471 g/mol. The number of hydrogen-bond donors (Lipinski definition) is 1. The quantitative estimate of drug-likeness (QED) is 0.338. The zero-order chi connectivity index (χ0) is 17.8. The van der Waals surface area contributed by atoms with Crippen LogP contribution in [0, 0.1) is 0 Å². The van der Waals surface area contributed by atoms with Crippen molar-refractivity contribution in [2.75, 3.05) is 12.5 Å². The van der Waals surface area contributed by atoms with E-state index in [-0.39, 0.29) is 17.0 Å². The van der Waals surface area contributed by atoms with Crippen LogP contribution in [0.25, 0.3) is 11.3 Å². The molecule has 8 heteroatoms. The molecule has 1 aromatic heterocycles. The van der Waals surface area contributed by atoms with Gasteiger partial charge in [-0.05, 0) is 48.9 Å². The first kappa shape index (κ1) is 20.7. The first-order chi connectivity index (χ1) is 12.1. The van der Waals surface area contributed by atoms with Gasteiger partial charge in [0.05, 0.1) is 28.6 Å². The summed E-state index contributed by atoms with van der Waals surface area (Å²) in [5, 5.41) is 8.07. The van der Waals surface area contributed by atoms with Crippen molar-refractivity contribution < 1.29 is 4.74 Å². The molecule has 1 heterocycles. The van der Waals surface area contributed by atoms with Gasteiger partial charge in [-0.15, -0.1) is 28.3 Å². The largest absolute Gasteiger partial charge is 0.497 e. The first-order valence-corrected chi connectivity index (χ1v) is 9.06. The van der Waals surface area contributed by atoms with Crippen molar-refractivity contribution in [1.82, 2.24) is 4.98 Å². The fraction of sp³-hybridized carbons (Fsp3) is 0.111. The molecule has 0 saturated carbocycles. The van der Waals surface area contributed by atoms with Gasteiger partial charge in [0.25, 0.3) is 0 Å². The molecule has 0 bridgehead atoms. The van der Waals surface area contributed by atoms with E-state index in [9.17, 15) is 0 Å². The molecule has 26 heavy (non-hydrogen) atoms. The van der Waals surface area contributed by atoms with Gasteiger partial charge >= 0.3 is 0 Å². The lowest BCUT2D eigenvalue weighted by molar-refractivity contribution is 0.415. The number of hydrazone groups is 1. The van der Waals surface area contributed by atoms with Gasteiger partial charge in [0.1, 0.15) is 5.75 Å². The van der Waals surface area contributed by atoms with Crippen molar-refractivity contribution >= 4 is 62.4 Å². The van der Waals surface area contributed by atoms with Crippen molar-refractivity contribution in [3.05, 3.63) is 63.5 Å². The van der Waals surface area contributed by atoms with Gasteiger partial charge in [-0.25, -0.2) is 4.98 Å². The molecule has 0 atom stereocenters. The summed E-state index contributed by atoms with van der Waals surface area (Å²) < 4.78 is 5.16. The van der Waals surface area contributed by atoms with E-state index in [0.29, 0.717) is 15.2 Å². The minimum Gasteiger partial charge on any atom is -0.497 e. The van der Waals surface area contributed by atoms with Crippen LogP contribution in [0.3, 0.4) is 0 Å². The maximum absolute atomic E-state index is 6.06. The second kappa shape index (κ2) is 9.37. The van der Waals surface area contributed by atoms with Gasteiger partial charge in [0, 0.05) is 10.9 Å². The van der Waals surface area contributed by atoms with Gasteiger partial charge in [-0.1, -0.05) is 29.3 Å². The Balaban J connectivity index is 0.00000243. The highest BCUT2D eigenvalue weighted by molar-refractivity contribution is 8.93. The Bertz CT molecular complexity index is 913. The van der Waals surface area contributed by atoms with E-state index >= 15 is 0 Å². The summed E-state index contributed by atoms with van der Waals surface area (Å²) in [7, 11) is 1.64. The predicted molar refractivity (Wildman–Crippen MR) is 117 cm³/mol. The fourth-order valence-electron chi connectivity index (χ4n) is 2.14. The fourth-order valence-corrected chi connectivity index (χ4v) is 3.10. The molecule has 0 aliphatic heterocycles. The Morgan fingerprint density at radius 2 is 1.85 bits per heavy atom. The Kier molecular flexibility index (Phi) is 7.46. The molecule has 3 rings (SSSR count). The number of anilines is 1. The number of rotatable bonds is 5. The van der Waals surface area contributed by atoms with E-state index in [2.05, 4.69) is 15.5 Å². The van der Waals surface area contributed by atoms with Crippen molar-refractivity contribution in [3.8, 4) is 17.0 Å².